The van der Waals surface area contributed by atoms with Gasteiger partial charge in [0.2, 0.25) is 0 Å². The molecule has 1 saturated heterocycles. The fourth-order valence-corrected chi connectivity index (χ4v) is 12.0. The number of ketones is 1. The molecule has 0 bridgehead atoms. The molecule has 674 valence electrons. The van der Waals surface area contributed by atoms with E-state index in [1.54, 1.807) is 13.8 Å². The summed E-state index contributed by atoms with van der Waals surface area (Å²) in [6.45, 7) is 113. The number of carboxylic acid groups (broad SMARTS) is 1. The molecule has 1 aromatic carbocycles. The molecule has 8 rings (SSSR count). The second-order valence-electron chi connectivity index (χ2n) is 51.9. The Labute approximate surface area is 712 Å². The van der Waals surface area contributed by atoms with Crippen LogP contribution in [0.15, 0.2) is 54.6 Å². The van der Waals surface area contributed by atoms with Gasteiger partial charge in [-0.15, -0.1) is 0 Å². The SMILES string of the molecule is C=C1CCCC(C(C)(C)C)C1.C=C1CCCCC(C(C)(C)C)C1.CC(C)(C)C(C)(C)C.CC(C)(C)C(C)(C)C#N.CC(C)(C)C(C)(C)C(=O)O.CC(C)(C)C(C)(C)O.CC(C)(C)C1(C(C)(F)F)CC1.CC(C)(C)C1(C)CC1.CC(C)(C)C1(C)COC1.CC(C)(C)C1CCC(=O)C1.CC(C)(C)C1CCC1.CC(C)(C)c1ccccc1. The Hall–Kier alpha value is -2.89. The van der Waals surface area contributed by atoms with Crippen molar-refractivity contribution in [3.8, 4) is 6.07 Å². The predicted octanol–water partition coefficient (Wildman–Crippen LogP) is 34.1. The third kappa shape index (κ3) is 44.1. The zero-order valence-corrected chi connectivity index (χ0v) is 85.8. The molecule has 8 heteroatoms. The fourth-order valence-electron chi connectivity index (χ4n) is 12.0. The summed E-state index contributed by atoms with van der Waals surface area (Å²) in [6.07, 6.45) is 23.4. The average molecular weight is 1610 g/mol. The molecule has 3 atom stereocenters. The lowest BCUT2D eigenvalue weighted by Gasteiger charge is -2.48. The minimum Gasteiger partial charge on any atom is -0.481 e. The Morgan fingerprint density at radius 3 is 0.886 bits per heavy atom. The first-order valence-corrected chi connectivity index (χ1v) is 45.1. The summed E-state index contributed by atoms with van der Waals surface area (Å²) < 4.78 is 31.3. The Morgan fingerprint density at radius 1 is 0.430 bits per heavy atom. The van der Waals surface area contributed by atoms with Gasteiger partial charge in [0.25, 0.3) is 5.92 Å². The van der Waals surface area contributed by atoms with E-state index in [4.69, 9.17) is 15.1 Å². The van der Waals surface area contributed by atoms with Crippen molar-refractivity contribution in [1.29, 1.82) is 5.26 Å². The topological polar surface area (TPSA) is 108 Å². The molecule has 6 aliphatic carbocycles. The van der Waals surface area contributed by atoms with E-state index >= 15 is 0 Å². The number of halogens is 2. The van der Waals surface area contributed by atoms with Gasteiger partial charge < -0.3 is 14.9 Å². The third-order valence-electron chi connectivity index (χ3n) is 29.5. The van der Waals surface area contributed by atoms with E-state index in [0.717, 1.165) is 57.2 Å². The van der Waals surface area contributed by atoms with Crippen molar-refractivity contribution in [1.82, 2.24) is 0 Å². The van der Waals surface area contributed by atoms with Crippen LogP contribution in [0.4, 0.5) is 8.78 Å². The summed E-state index contributed by atoms with van der Waals surface area (Å²) in [5.74, 6) is 0.629. The van der Waals surface area contributed by atoms with Crippen LogP contribution in [0.3, 0.4) is 0 Å². The molecule has 0 amide bonds. The first-order valence-electron chi connectivity index (χ1n) is 45.1. The number of nitrogens with zero attached hydrogens (tertiary/aromatic N) is 1. The standard InChI is InChI=1S/C12H22.C11H20.C10H14.C9H16F2.C9H16O.C8H15N.C8H16O2.C8H16O.2C8H16.C8H18.C7H16O/c1-10-7-5-6-8-11(9-10)12(2,3)4;1-9-6-5-7-10(8-9)11(2,3)4;1-10(2,3)9-7-5-4-6-8-9;1-7(2,3)9(5-6-9)8(4,10)11;1-9(2,3)7-4-5-8(10)6-7;1-7(2,3)8(4,5)6-9;1-7(2,3)8(4,5)6(9)10;1-7(2,3)8(4)5-9-6-8;1-7(2,3)8(4)5-6-8;1-8(2,3)7-5-4-6-7;1-7(2,3)8(4,5)6;1-6(2,3)7(4,5)8/h11H,1,5-9H2,2-4H3;10H,1,5-8H2,2-4H3;4-8H,1-3H3;5-6H2,1-4H3;7H,4-6H2,1-3H3;1-5H3;1-5H3,(H,9,10);5-6H2,1-4H3;5-6H2,1-4H3;7H,4-6H2,1-3H3;1-6H3;8H,1-5H3. The molecule has 114 heavy (non-hydrogen) atoms. The number of benzene rings is 1. The summed E-state index contributed by atoms with van der Waals surface area (Å²) in [7, 11) is 0. The van der Waals surface area contributed by atoms with Gasteiger partial charge in [0, 0.05) is 23.7 Å². The summed E-state index contributed by atoms with van der Waals surface area (Å²) >= 11 is 0. The number of rotatable bonds is 2. The second-order valence-corrected chi connectivity index (χ2v) is 51.9. The number of alkyl halides is 2. The lowest BCUT2D eigenvalue weighted by molar-refractivity contribution is -0.158. The van der Waals surface area contributed by atoms with Crippen LogP contribution in [0.2, 0.25) is 0 Å². The number of carbonyl (C=O) groups is 2. The quantitative estimate of drug-likeness (QED) is 0.226. The minimum atomic E-state index is -2.51. The number of Topliss-reactive ketones (excluding diaryl/α,β-unsaturated/α-hetero) is 1. The molecule has 1 aliphatic heterocycles. The molecule has 1 aromatic rings. The smallest absolute Gasteiger partial charge is 0.309 e. The van der Waals surface area contributed by atoms with Gasteiger partial charge in [-0.05, 0) is 250 Å². The van der Waals surface area contributed by atoms with E-state index in [1.165, 1.54) is 107 Å². The van der Waals surface area contributed by atoms with Gasteiger partial charge in [0.05, 0.1) is 35.7 Å². The Balaban J connectivity index is -0.000000580. The largest absolute Gasteiger partial charge is 0.481 e. The van der Waals surface area contributed by atoms with Crippen LogP contribution in [-0.2, 0) is 19.7 Å². The van der Waals surface area contributed by atoms with Crippen LogP contribution in [0.5, 0.6) is 0 Å². The van der Waals surface area contributed by atoms with Gasteiger partial charge >= 0.3 is 5.97 Å². The molecule has 2 N–H and O–H groups in total. The van der Waals surface area contributed by atoms with E-state index in [9.17, 15) is 23.5 Å². The van der Waals surface area contributed by atoms with Crippen molar-refractivity contribution in [2.24, 2.45) is 116 Å². The zero-order chi connectivity index (χ0) is 92.0. The summed E-state index contributed by atoms with van der Waals surface area (Å²) in [6, 6.07) is 12.8. The predicted molar refractivity (Wildman–Crippen MR) is 501 cm³/mol. The Bertz CT molecular complexity index is 2840. The lowest BCUT2D eigenvalue weighted by Crippen LogP contribution is -2.49. The second kappa shape index (κ2) is 44.3. The van der Waals surface area contributed by atoms with Gasteiger partial charge in [-0.1, -0.05) is 351 Å². The maximum atomic E-state index is 13.1. The monoisotopic (exact) mass is 1610 g/mol. The average Bonchev–Trinajstić information content (AvgIpc) is 1.57. The number of aliphatic carboxylic acids is 1. The highest BCUT2D eigenvalue weighted by molar-refractivity contribution is 5.80. The van der Waals surface area contributed by atoms with Gasteiger partial charge in [-0.3, -0.25) is 9.59 Å². The number of carboxylic acids is 1. The number of hydrogen-bond donors (Lipinski definition) is 2. The molecule has 3 unspecified atom stereocenters. The Morgan fingerprint density at radius 2 is 0.763 bits per heavy atom. The highest BCUT2D eigenvalue weighted by Crippen LogP contribution is 2.66. The number of hydrogen-bond acceptors (Lipinski definition) is 5. The van der Waals surface area contributed by atoms with Crippen LogP contribution in [0.1, 0.15) is 460 Å². The number of carbonyl (C=O) groups excluding carboxylic acids is 1. The third-order valence-corrected chi connectivity index (χ3v) is 29.5. The minimum absolute atomic E-state index is 0.00694. The molecule has 1 heterocycles. The fraction of sp³-hybridized carbons (Fsp3) is 0.877. The molecular formula is C106H201F2NO5. The molecule has 7 aliphatic rings. The van der Waals surface area contributed by atoms with Crippen LogP contribution in [-0.4, -0.2) is 46.7 Å². The van der Waals surface area contributed by atoms with Crippen LogP contribution in [0, 0.1) is 127 Å². The van der Waals surface area contributed by atoms with Crippen LogP contribution < -0.4 is 0 Å². The molecular weight excluding hydrogens is 1410 g/mol. The highest BCUT2D eigenvalue weighted by atomic mass is 19.3. The van der Waals surface area contributed by atoms with Gasteiger partial charge in [0.1, 0.15) is 5.78 Å². The molecule has 6 nitrogen and oxygen atoms in total. The zero-order valence-electron chi connectivity index (χ0n) is 85.8. The van der Waals surface area contributed by atoms with E-state index in [1.807, 2.05) is 90.0 Å². The molecule has 7 fully saturated rings. The van der Waals surface area contributed by atoms with E-state index in [0.29, 0.717) is 84.1 Å². The van der Waals surface area contributed by atoms with Gasteiger partial charge in [0.15, 0.2) is 0 Å². The molecule has 0 spiro atoms. The van der Waals surface area contributed by atoms with Crippen molar-refractivity contribution in [2.45, 2.75) is 471 Å². The first-order chi connectivity index (χ1) is 49.8. The normalized spacial score (nSPS) is 20.7. The van der Waals surface area contributed by atoms with Crippen LogP contribution >= 0.6 is 0 Å². The molecule has 0 radical (unpaired) electrons. The van der Waals surface area contributed by atoms with E-state index in [-0.39, 0.29) is 27.1 Å². The van der Waals surface area contributed by atoms with Crippen LogP contribution in [0.25, 0.3) is 0 Å². The first kappa shape index (κ1) is 117. The van der Waals surface area contributed by atoms with Crippen molar-refractivity contribution < 1.29 is 33.3 Å². The number of nitriles is 1. The summed E-state index contributed by atoms with van der Waals surface area (Å²) in [4.78, 5) is 21.6. The number of allylic oxidation sites excluding steroid dienone is 2. The molecule has 6 saturated carbocycles. The number of ether oxygens (including phenoxy) is 1. The maximum absolute atomic E-state index is 13.1. The summed E-state index contributed by atoms with van der Waals surface area (Å²) in [5.41, 5.74) is 7.01. The number of aliphatic hydroxyl groups is 1. The van der Waals surface area contributed by atoms with Gasteiger partial charge in [-0.25, -0.2) is 8.78 Å². The lowest BCUT2D eigenvalue weighted by atomic mass is 9.67. The Kier molecular flexibility index (Phi) is 45.6. The van der Waals surface area contributed by atoms with Crippen molar-refractivity contribution in [3.05, 3.63) is 60.2 Å². The van der Waals surface area contributed by atoms with Gasteiger partial charge in [-0.2, -0.15) is 5.26 Å². The highest BCUT2D eigenvalue weighted by Gasteiger charge is 2.65. The van der Waals surface area contributed by atoms with E-state index < -0.39 is 28.3 Å². The molecule has 0 aromatic heterocycles. The van der Waals surface area contributed by atoms with Crippen molar-refractivity contribution in [3.63, 3.8) is 0 Å². The van der Waals surface area contributed by atoms with E-state index in [2.05, 4.69) is 271 Å². The van der Waals surface area contributed by atoms with Crippen molar-refractivity contribution >= 4 is 11.8 Å². The van der Waals surface area contributed by atoms with Crippen molar-refractivity contribution in [2.75, 3.05) is 13.2 Å². The maximum Gasteiger partial charge on any atom is 0.309 e. The summed E-state index contributed by atoms with van der Waals surface area (Å²) in [5, 5.41) is 26.8.